The van der Waals surface area contributed by atoms with E-state index in [2.05, 4.69) is 10.9 Å². The van der Waals surface area contributed by atoms with Crippen molar-refractivity contribution >= 4 is 22.8 Å². The molecular formula is C15H14N2O5. The minimum Gasteiger partial charge on any atom is -0.484 e. The second kappa shape index (κ2) is 5.88. The first kappa shape index (κ1) is 14.1. The third-order valence-electron chi connectivity index (χ3n) is 3.24. The molecule has 0 radical (unpaired) electrons. The van der Waals surface area contributed by atoms with E-state index < -0.39 is 11.5 Å². The predicted molar refractivity (Wildman–Crippen MR) is 77.0 cm³/mol. The Hall–Kier alpha value is -2.83. The average Bonchev–Trinajstić information content (AvgIpc) is 3.35. The second-order valence-electron chi connectivity index (χ2n) is 5.05. The molecule has 2 N–H and O–H groups in total. The highest BCUT2D eigenvalue weighted by atomic mass is 16.5. The number of hydrogen-bond acceptors (Lipinski definition) is 5. The first-order valence-electron chi connectivity index (χ1n) is 6.87. The van der Waals surface area contributed by atoms with Crippen LogP contribution < -0.4 is 21.2 Å². The fourth-order valence-electron chi connectivity index (χ4n) is 1.89. The molecule has 7 nitrogen and oxygen atoms in total. The molecule has 1 fully saturated rings. The number of carbonyl (C=O) groups excluding carboxylic acids is 2. The minimum absolute atomic E-state index is 0.0182. The summed E-state index contributed by atoms with van der Waals surface area (Å²) in [4.78, 5) is 34.1. The molecule has 22 heavy (non-hydrogen) atoms. The lowest BCUT2D eigenvalue weighted by atomic mass is 10.2. The van der Waals surface area contributed by atoms with E-state index in [1.807, 2.05) is 0 Å². The van der Waals surface area contributed by atoms with E-state index in [4.69, 9.17) is 9.15 Å². The third kappa shape index (κ3) is 3.43. The highest BCUT2D eigenvalue weighted by Crippen LogP contribution is 2.28. The summed E-state index contributed by atoms with van der Waals surface area (Å²) in [5.41, 5.74) is 4.55. The SMILES string of the molecule is O=C(COc1ccc2ccc(=O)oc2c1)NNC(=O)C1CC1. The van der Waals surface area contributed by atoms with Gasteiger partial charge in [-0.3, -0.25) is 20.4 Å². The number of carbonyl (C=O) groups is 2. The normalized spacial score (nSPS) is 13.6. The monoisotopic (exact) mass is 302 g/mol. The highest BCUT2D eigenvalue weighted by Gasteiger charge is 2.29. The molecule has 2 aromatic rings. The summed E-state index contributed by atoms with van der Waals surface area (Å²) in [6, 6.07) is 7.90. The second-order valence-corrected chi connectivity index (χ2v) is 5.05. The number of amides is 2. The van der Waals surface area contributed by atoms with Crippen LogP contribution in [0.3, 0.4) is 0 Å². The van der Waals surface area contributed by atoms with Gasteiger partial charge in [0.1, 0.15) is 11.3 Å². The van der Waals surface area contributed by atoms with Crippen LogP contribution in [0.25, 0.3) is 11.0 Å². The van der Waals surface area contributed by atoms with Gasteiger partial charge in [-0.15, -0.1) is 0 Å². The molecule has 1 aliphatic rings. The number of rotatable bonds is 4. The van der Waals surface area contributed by atoms with Crippen molar-refractivity contribution in [2.45, 2.75) is 12.8 Å². The molecule has 3 rings (SSSR count). The van der Waals surface area contributed by atoms with E-state index in [1.54, 1.807) is 18.2 Å². The van der Waals surface area contributed by atoms with Crippen LogP contribution in [0, 0.1) is 5.92 Å². The largest absolute Gasteiger partial charge is 0.484 e. The molecule has 2 amide bonds. The lowest BCUT2D eigenvalue weighted by Gasteiger charge is -2.08. The van der Waals surface area contributed by atoms with Gasteiger partial charge in [0.05, 0.1) is 0 Å². The van der Waals surface area contributed by atoms with E-state index in [-0.39, 0.29) is 18.4 Å². The third-order valence-corrected chi connectivity index (χ3v) is 3.24. The van der Waals surface area contributed by atoms with Gasteiger partial charge in [-0.1, -0.05) is 0 Å². The molecule has 1 heterocycles. The maximum Gasteiger partial charge on any atom is 0.336 e. The lowest BCUT2D eigenvalue weighted by molar-refractivity contribution is -0.130. The van der Waals surface area contributed by atoms with Crippen molar-refractivity contribution in [1.82, 2.24) is 10.9 Å². The van der Waals surface area contributed by atoms with Crippen molar-refractivity contribution < 1.29 is 18.7 Å². The van der Waals surface area contributed by atoms with Gasteiger partial charge in [-0.2, -0.15) is 0 Å². The van der Waals surface area contributed by atoms with Gasteiger partial charge in [0.15, 0.2) is 6.61 Å². The Balaban J connectivity index is 1.55. The van der Waals surface area contributed by atoms with Crippen LogP contribution in [0.5, 0.6) is 5.75 Å². The molecule has 1 aliphatic carbocycles. The highest BCUT2D eigenvalue weighted by molar-refractivity contribution is 5.85. The maximum absolute atomic E-state index is 11.6. The molecular weight excluding hydrogens is 288 g/mol. The zero-order chi connectivity index (χ0) is 15.5. The van der Waals surface area contributed by atoms with E-state index >= 15 is 0 Å². The van der Waals surface area contributed by atoms with Crippen molar-refractivity contribution in [1.29, 1.82) is 0 Å². The number of fused-ring (bicyclic) bond motifs is 1. The van der Waals surface area contributed by atoms with E-state index in [0.717, 1.165) is 18.2 Å². The molecule has 0 bridgehead atoms. The predicted octanol–water partition coefficient (Wildman–Crippen LogP) is 0.729. The Labute approximate surface area is 125 Å². The summed E-state index contributed by atoms with van der Waals surface area (Å²) >= 11 is 0. The van der Waals surface area contributed by atoms with Crippen molar-refractivity contribution in [2.24, 2.45) is 5.92 Å². The minimum atomic E-state index is -0.469. The van der Waals surface area contributed by atoms with Gasteiger partial charge in [-0.05, 0) is 31.0 Å². The molecule has 0 atom stereocenters. The number of hydrazine groups is 1. The van der Waals surface area contributed by atoms with Crippen LogP contribution in [0.4, 0.5) is 0 Å². The standard InChI is InChI=1S/C15H14N2O5/c18-13(16-17-15(20)10-1-2-10)8-21-11-5-3-9-4-6-14(19)22-12(9)7-11/h3-7,10H,1-2,8H2,(H,16,18)(H,17,20). The maximum atomic E-state index is 11.6. The smallest absolute Gasteiger partial charge is 0.336 e. The summed E-state index contributed by atoms with van der Waals surface area (Å²) < 4.78 is 10.3. The van der Waals surface area contributed by atoms with Crippen LogP contribution in [-0.2, 0) is 9.59 Å². The molecule has 114 valence electrons. The van der Waals surface area contributed by atoms with Crippen molar-refractivity contribution in [3.63, 3.8) is 0 Å². The quantitative estimate of drug-likeness (QED) is 0.641. The number of ether oxygens (including phenoxy) is 1. The zero-order valence-corrected chi connectivity index (χ0v) is 11.6. The molecule has 0 aliphatic heterocycles. The molecule has 1 aromatic heterocycles. The number of nitrogens with one attached hydrogen (secondary N) is 2. The van der Waals surface area contributed by atoms with Gasteiger partial charge in [0.25, 0.3) is 5.91 Å². The van der Waals surface area contributed by atoms with E-state index in [0.29, 0.717) is 11.3 Å². The Kier molecular flexibility index (Phi) is 3.78. The van der Waals surface area contributed by atoms with Crippen molar-refractivity contribution in [2.75, 3.05) is 6.61 Å². The molecule has 1 saturated carbocycles. The summed E-state index contributed by atoms with van der Waals surface area (Å²) in [5.74, 6) is -0.237. The number of hydrogen-bond donors (Lipinski definition) is 2. The average molecular weight is 302 g/mol. The first-order chi connectivity index (χ1) is 10.6. The molecule has 7 heteroatoms. The van der Waals surface area contributed by atoms with Gasteiger partial charge < -0.3 is 9.15 Å². The van der Waals surface area contributed by atoms with Gasteiger partial charge >= 0.3 is 5.63 Å². The number of benzene rings is 1. The van der Waals surface area contributed by atoms with Crippen LogP contribution in [0.1, 0.15) is 12.8 Å². The summed E-state index contributed by atoms with van der Waals surface area (Å²) in [7, 11) is 0. The summed E-state index contributed by atoms with van der Waals surface area (Å²) in [6.07, 6.45) is 1.72. The summed E-state index contributed by atoms with van der Waals surface area (Å²) in [5, 5.41) is 0.757. The Bertz CT molecular complexity index is 779. The Morgan fingerprint density at radius 1 is 1.18 bits per heavy atom. The van der Waals surface area contributed by atoms with Crippen LogP contribution in [0.15, 0.2) is 39.5 Å². The molecule has 0 saturated heterocycles. The van der Waals surface area contributed by atoms with E-state index in [9.17, 15) is 14.4 Å². The van der Waals surface area contributed by atoms with Crippen LogP contribution >= 0.6 is 0 Å². The van der Waals surface area contributed by atoms with Gasteiger partial charge in [-0.25, -0.2) is 4.79 Å². The Morgan fingerprint density at radius 2 is 1.95 bits per heavy atom. The van der Waals surface area contributed by atoms with Gasteiger partial charge in [0.2, 0.25) is 5.91 Å². The molecule has 0 unspecified atom stereocenters. The summed E-state index contributed by atoms with van der Waals surface area (Å²) in [6.45, 7) is -0.256. The molecule has 1 aromatic carbocycles. The lowest BCUT2D eigenvalue weighted by Crippen LogP contribution is -2.44. The fraction of sp³-hybridized carbons (Fsp3) is 0.267. The fourth-order valence-corrected chi connectivity index (χ4v) is 1.89. The Morgan fingerprint density at radius 3 is 2.73 bits per heavy atom. The van der Waals surface area contributed by atoms with Crippen LogP contribution in [0.2, 0.25) is 0 Å². The zero-order valence-electron chi connectivity index (χ0n) is 11.6. The van der Waals surface area contributed by atoms with Gasteiger partial charge in [0, 0.05) is 23.4 Å². The van der Waals surface area contributed by atoms with Crippen molar-refractivity contribution in [3.8, 4) is 5.75 Å². The topological polar surface area (TPSA) is 97.6 Å². The van der Waals surface area contributed by atoms with E-state index in [1.165, 1.54) is 12.1 Å². The van der Waals surface area contributed by atoms with Crippen LogP contribution in [-0.4, -0.2) is 18.4 Å². The van der Waals surface area contributed by atoms with Crippen molar-refractivity contribution in [3.05, 3.63) is 40.8 Å². The first-order valence-corrected chi connectivity index (χ1v) is 6.87. The molecule has 0 spiro atoms.